The Morgan fingerprint density at radius 3 is 2.55 bits per heavy atom. The minimum Gasteiger partial charge on any atom is -0.352 e. The number of halogens is 1. The molecule has 1 fully saturated rings. The van der Waals surface area contributed by atoms with Crippen molar-refractivity contribution in [3.05, 3.63) is 34.9 Å². The predicted molar refractivity (Wildman–Crippen MR) is 78.7 cm³/mol. The van der Waals surface area contributed by atoms with Gasteiger partial charge in [-0.05, 0) is 49.4 Å². The predicted octanol–water partition coefficient (Wildman–Crippen LogP) is 2.37. The third-order valence-electron chi connectivity index (χ3n) is 3.58. The van der Waals surface area contributed by atoms with E-state index < -0.39 is 0 Å². The van der Waals surface area contributed by atoms with Gasteiger partial charge in [-0.25, -0.2) is 0 Å². The Morgan fingerprint density at radius 2 is 1.95 bits per heavy atom. The van der Waals surface area contributed by atoms with Crippen LogP contribution in [-0.2, 0) is 4.79 Å². The van der Waals surface area contributed by atoms with E-state index in [9.17, 15) is 9.59 Å². The Balaban J connectivity index is 1.75. The van der Waals surface area contributed by atoms with E-state index in [1.807, 2.05) is 0 Å². The second-order valence-corrected chi connectivity index (χ2v) is 5.81. The van der Waals surface area contributed by atoms with Crippen molar-refractivity contribution < 1.29 is 9.59 Å². The number of hydrogen-bond donors (Lipinski definition) is 2. The van der Waals surface area contributed by atoms with Crippen LogP contribution in [0.25, 0.3) is 0 Å². The smallest absolute Gasteiger partial charge is 0.251 e. The van der Waals surface area contributed by atoms with E-state index in [1.54, 1.807) is 24.3 Å². The molecule has 0 aliphatic heterocycles. The van der Waals surface area contributed by atoms with Gasteiger partial charge in [-0.15, -0.1) is 0 Å². The summed E-state index contributed by atoms with van der Waals surface area (Å²) < 4.78 is 0. The third kappa shape index (κ3) is 4.23. The molecule has 0 saturated heterocycles. The Bertz CT molecular complexity index is 487. The summed E-state index contributed by atoms with van der Waals surface area (Å²) >= 11 is 5.75. The van der Waals surface area contributed by atoms with Crippen molar-refractivity contribution in [2.75, 3.05) is 6.54 Å². The average molecular weight is 295 g/mol. The molecule has 2 N–H and O–H groups in total. The highest BCUT2D eigenvalue weighted by molar-refractivity contribution is 6.30. The number of nitrogens with one attached hydrogen (secondary N) is 2. The zero-order chi connectivity index (χ0) is 14.5. The van der Waals surface area contributed by atoms with Crippen LogP contribution in [0.3, 0.4) is 0 Å². The van der Waals surface area contributed by atoms with E-state index in [-0.39, 0.29) is 24.4 Å². The van der Waals surface area contributed by atoms with Gasteiger partial charge in [-0.2, -0.15) is 0 Å². The first-order valence-electron chi connectivity index (χ1n) is 6.87. The fraction of sp³-hybridized carbons (Fsp3) is 0.467. The molecule has 1 aromatic carbocycles. The summed E-state index contributed by atoms with van der Waals surface area (Å²) in [5, 5.41) is 6.14. The molecular formula is C15H19ClN2O2. The van der Waals surface area contributed by atoms with Crippen LogP contribution in [0, 0.1) is 5.92 Å². The molecule has 2 amide bonds. The van der Waals surface area contributed by atoms with Crippen LogP contribution in [0.2, 0.25) is 5.02 Å². The largest absolute Gasteiger partial charge is 0.352 e. The lowest BCUT2D eigenvalue weighted by Crippen LogP contribution is -2.41. The quantitative estimate of drug-likeness (QED) is 0.896. The topological polar surface area (TPSA) is 58.2 Å². The minimum absolute atomic E-state index is 0.00629. The second-order valence-electron chi connectivity index (χ2n) is 5.37. The molecular weight excluding hydrogens is 276 g/mol. The zero-order valence-electron chi connectivity index (χ0n) is 11.5. The number of carbonyl (C=O) groups is 2. The molecule has 2 unspecified atom stereocenters. The van der Waals surface area contributed by atoms with Crippen LogP contribution in [0.1, 0.15) is 36.5 Å². The lowest BCUT2D eigenvalue weighted by molar-refractivity contribution is -0.120. The summed E-state index contributed by atoms with van der Waals surface area (Å²) in [4.78, 5) is 23.6. The molecule has 0 heterocycles. The summed E-state index contributed by atoms with van der Waals surface area (Å²) in [7, 11) is 0. The first-order valence-corrected chi connectivity index (χ1v) is 7.25. The van der Waals surface area contributed by atoms with E-state index in [2.05, 4.69) is 17.6 Å². The van der Waals surface area contributed by atoms with Crippen molar-refractivity contribution >= 4 is 23.4 Å². The highest BCUT2D eigenvalue weighted by Crippen LogP contribution is 2.24. The molecule has 20 heavy (non-hydrogen) atoms. The molecule has 5 heteroatoms. The SMILES string of the molecule is CC1CCC(NC(=O)CNC(=O)c2ccc(Cl)cc2)C1. The highest BCUT2D eigenvalue weighted by Gasteiger charge is 2.22. The van der Waals surface area contributed by atoms with Gasteiger partial charge in [0.1, 0.15) is 0 Å². The second kappa shape index (κ2) is 6.75. The van der Waals surface area contributed by atoms with Gasteiger partial charge in [0.2, 0.25) is 5.91 Å². The van der Waals surface area contributed by atoms with Gasteiger partial charge in [0.05, 0.1) is 6.54 Å². The van der Waals surface area contributed by atoms with Crippen molar-refractivity contribution in [3.8, 4) is 0 Å². The molecule has 1 saturated carbocycles. The maximum Gasteiger partial charge on any atom is 0.251 e. The van der Waals surface area contributed by atoms with Crippen LogP contribution in [0.15, 0.2) is 24.3 Å². The molecule has 2 atom stereocenters. The van der Waals surface area contributed by atoms with Gasteiger partial charge in [-0.1, -0.05) is 18.5 Å². The lowest BCUT2D eigenvalue weighted by atomic mass is 10.1. The summed E-state index contributed by atoms with van der Waals surface area (Å²) in [5.41, 5.74) is 0.497. The number of amides is 2. The fourth-order valence-corrected chi connectivity index (χ4v) is 2.61. The number of hydrogen-bond acceptors (Lipinski definition) is 2. The first-order chi connectivity index (χ1) is 9.54. The minimum atomic E-state index is -0.267. The van der Waals surface area contributed by atoms with Gasteiger partial charge in [0.15, 0.2) is 0 Å². The Hall–Kier alpha value is -1.55. The standard InChI is InChI=1S/C15H19ClN2O2/c1-10-2-7-13(8-10)18-14(19)9-17-15(20)11-3-5-12(16)6-4-11/h3-6,10,13H,2,7-9H2,1H3,(H,17,20)(H,18,19). The Labute approximate surface area is 123 Å². The van der Waals surface area contributed by atoms with E-state index in [0.29, 0.717) is 16.5 Å². The normalized spacial score (nSPS) is 21.5. The van der Waals surface area contributed by atoms with Crippen molar-refractivity contribution in [2.45, 2.75) is 32.2 Å². The van der Waals surface area contributed by atoms with Crippen molar-refractivity contribution in [2.24, 2.45) is 5.92 Å². The highest BCUT2D eigenvalue weighted by atomic mass is 35.5. The number of carbonyl (C=O) groups excluding carboxylic acids is 2. The number of benzene rings is 1. The van der Waals surface area contributed by atoms with E-state index in [1.165, 1.54) is 0 Å². The van der Waals surface area contributed by atoms with E-state index in [0.717, 1.165) is 19.3 Å². The van der Waals surface area contributed by atoms with Gasteiger partial charge in [0.25, 0.3) is 5.91 Å². The molecule has 4 nitrogen and oxygen atoms in total. The summed E-state index contributed by atoms with van der Waals surface area (Å²) in [5.74, 6) is 0.270. The molecule has 108 valence electrons. The average Bonchev–Trinajstić information content (AvgIpc) is 2.82. The zero-order valence-corrected chi connectivity index (χ0v) is 12.2. The Morgan fingerprint density at radius 1 is 1.25 bits per heavy atom. The molecule has 0 spiro atoms. The van der Waals surface area contributed by atoms with Crippen LogP contribution in [0.4, 0.5) is 0 Å². The maximum absolute atomic E-state index is 11.8. The fourth-order valence-electron chi connectivity index (χ4n) is 2.48. The number of rotatable bonds is 4. The van der Waals surface area contributed by atoms with Gasteiger partial charge in [0, 0.05) is 16.6 Å². The van der Waals surface area contributed by atoms with Gasteiger partial charge < -0.3 is 10.6 Å². The van der Waals surface area contributed by atoms with Gasteiger partial charge in [-0.3, -0.25) is 9.59 Å². The monoisotopic (exact) mass is 294 g/mol. The van der Waals surface area contributed by atoms with Crippen molar-refractivity contribution in [1.82, 2.24) is 10.6 Å². The van der Waals surface area contributed by atoms with Crippen molar-refractivity contribution in [3.63, 3.8) is 0 Å². The summed E-state index contributed by atoms with van der Waals surface area (Å²) in [6.07, 6.45) is 3.21. The van der Waals surface area contributed by atoms with Crippen LogP contribution >= 0.6 is 11.6 Å². The summed E-state index contributed by atoms with van der Waals surface area (Å²) in [6.45, 7) is 2.20. The molecule has 0 radical (unpaired) electrons. The molecule has 2 rings (SSSR count). The Kier molecular flexibility index (Phi) is 5.01. The van der Waals surface area contributed by atoms with Crippen molar-refractivity contribution in [1.29, 1.82) is 0 Å². The molecule has 0 bridgehead atoms. The molecule has 1 aliphatic carbocycles. The lowest BCUT2D eigenvalue weighted by Gasteiger charge is -2.12. The van der Waals surface area contributed by atoms with E-state index >= 15 is 0 Å². The first kappa shape index (κ1) is 14.9. The molecule has 1 aromatic rings. The summed E-state index contributed by atoms with van der Waals surface area (Å²) in [6, 6.07) is 6.82. The molecule has 0 aromatic heterocycles. The van der Waals surface area contributed by atoms with Crippen LogP contribution in [0.5, 0.6) is 0 Å². The third-order valence-corrected chi connectivity index (χ3v) is 3.83. The maximum atomic E-state index is 11.8. The van der Waals surface area contributed by atoms with Crippen LogP contribution < -0.4 is 10.6 Å². The van der Waals surface area contributed by atoms with Crippen LogP contribution in [-0.4, -0.2) is 24.4 Å². The molecule has 1 aliphatic rings. The van der Waals surface area contributed by atoms with Gasteiger partial charge >= 0.3 is 0 Å². The van der Waals surface area contributed by atoms with E-state index in [4.69, 9.17) is 11.6 Å².